The molecule has 2 aromatic rings. The molecule has 0 spiro atoms. The molecule has 3 heterocycles. The summed E-state index contributed by atoms with van der Waals surface area (Å²) >= 11 is 0. The predicted molar refractivity (Wildman–Crippen MR) is 64.5 cm³/mol. The Kier molecular flexibility index (Phi) is 3.02. The van der Waals surface area contributed by atoms with E-state index in [4.69, 9.17) is 10.3 Å². The molecule has 0 unspecified atom stereocenters. The zero-order valence-corrected chi connectivity index (χ0v) is 10.2. The van der Waals surface area contributed by atoms with Crippen molar-refractivity contribution in [2.45, 2.75) is 19.6 Å². The van der Waals surface area contributed by atoms with Gasteiger partial charge in [-0.15, -0.1) is 10.2 Å². The van der Waals surface area contributed by atoms with Gasteiger partial charge in [0, 0.05) is 13.1 Å². The highest BCUT2D eigenvalue weighted by atomic mass is 16.4. The lowest BCUT2D eigenvalue weighted by Crippen LogP contribution is -2.33. The largest absolute Gasteiger partial charge is 0.455 e. The quantitative estimate of drug-likeness (QED) is 0.439. The SMILES string of the molecule is NNC(=O)c1ccc(CN2CCn3cnnc3C2)o1. The highest BCUT2D eigenvalue weighted by Gasteiger charge is 2.19. The second-order valence-corrected chi connectivity index (χ2v) is 4.39. The van der Waals surface area contributed by atoms with Crippen LogP contribution in [0.1, 0.15) is 22.1 Å². The second kappa shape index (κ2) is 4.82. The highest BCUT2D eigenvalue weighted by molar-refractivity contribution is 5.90. The number of carbonyl (C=O) groups excluding carboxylic acids is 1. The molecule has 0 atom stereocenters. The van der Waals surface area contributed by atoms with Crippen LogP contribution in [0, 0.1) is 0 Å². The number of nitrogens with two attached hydrogens (primary N) is 1. The van der Waals surface area contributed by atoms with E-state index in [0.29, 0.717) is 6.54 Å². The van der Waals surface area contributed by atoms with Gasteiger partial charge in [0.1, 0.15) is 17.9 Å². The second-order valence-electron chi connectivity index (χ2n) is 4.39. The molecule has 1 aliphatic rings. The van der Waals surface area contributed by atoms with Crippen molar-refractivity contribution in [1.82, 2.24) is 25.1 Å². The Balaban J connectivity index is 1.66. The maximum absolute atomic E-state index is 11.3. The highest BCUT2D eigenvalue weighted by Crippen LogP contribution is 2.15. The van der Waals surface area contributed by atoms with Crippen molar-refractivity contribution in [3.8, 4) is 0 Å². The molecule has 8 heteroatoms. The van der Waals surface area contributed by atoms with E-state index < -0.39 is 5.91 Å². The number of hydrogen-bond donors (Lipinski definition) is 2. The first-order valence-corrected chi connectivity index (χ1v) is 5.95. The minimum atomic E-state index is -0.426. The van der Waals surface area contributed by atoms with E-state index in [1.165, 1.54) is 0 Å². The molecular weight excluding hydrogens is 248 g/mol. The average molecular weight is 262 g/mol. The third-order valence-electron chi connectivity index (χ3n) is 3.11. The Morgan fingerprint density at radius 2 is 2.37 bits per heavy atom. The summed E-state index contributed by atoms with van der Waals surface area (Å²) < 4.78 is 7.47. The average Bonchev–Trinajstić information content (AvgIpc) is 3.06. The maximum atomic E-state index is 11.3. The molecule has 3 N–H and O–H groups in total. The van der Waals surface area contributed by atoms with E-state index in [1.54, 1.807) is 18.5 Å². The lowest BCUT2D eigenvalue weighted by molar-refractivity contribution is 0.0921. The number of hydrazine groups is 1. The van der Waals surface area contributed by atoms with Crippen LogP contribution >= 0.6 is 0 Å². The van der Waals surface area contributed by atoms with Crippen LogP contribution in [0.15, 0.2) is 22.9 Å². The monoisotopic (exact) mass is 262 g/mol. The number of nitrogens with one attached hydrogen (secondary N) is 1. The van der Waals surface area contributed by atoms with Crippen molar-refractivity contribution >= 4 is 5.91 Å². The topological polar surface area (TPSA) is 102 Å². The summed E-state index contributed by atoms with van der Waals surface area (Å²) in [7, 11) is 0. The molecule has 1 aliphatic heterocycles. The van der Waals surface area contributed by atoms with Gasteiger partial charge >= 0.3 is 5.91 Å². The lowest BCUT2D eigenvalue weighted by Gasteiger charge is -2.25. The first-order valence-electron chi connectivity index (χ1n) is 5.95. The van der Waals surface area contributed by atoms with Crippen LogP contribution in [0.25, 0.3) is 0 Å². The zero-order chi connectivity index (χ0) is 13.2. The summed E-state index contributed by atoms with van der Waals surface area (Å²) in [6.45, 7) is 3.10. The summed E-state index contributed by atoms with van der Waals surface area (Å²) in [6, 6.07) is 3.40. The van der Waals surface area contributed by atoms with Gasteiger partial charge in [-0.2, -0.15) is 0 Å². The fourth-order valence-corrected chi connectivity index (χ4v) is 2.13. The smallest absolute Gasteiger partial charge is 0.300 e. The van der Waals surface area contributed by atoms with Crippen molar-refractivity contribution in [1.29, 1.82) is 0 Å². The molecule has 0 saturated carbocycles. The van der Waals surface area contributed by atoms with E-state index in [0.717, 1.165) is 31.2 Å². The number of nitrogens with zero attached hydrogens (tertiary/aromatic N) is 4. The molecule has 8 nitrogen and oxygen atoms in total. The van der Waals surface area contributed by atoms with Crippen LogP contribution in [0.3, 0.4) is 0 Å². The number of nitrogen functional groups attached to an aromatic ring is 1. The van der Waals surface area contributed by atoms with Gasteiger partial charge in [0.25, 0.3) is 0 Å². The summed E-state index contributed by atoms with van der Waals surface area (Å²) in [5.41, 5.74) is 2.04. The molecule has 0 fully saturated rings. The first kappa shape index (κ1) is 11.9. The van der Waals surface area contributed by atoms with E-state index in [-0.39, 0.29) is 5.76 Å². The van der Waals surface area contributed by atoms with Crippen LogP contribution in [0.2, 0.25) is 0 Å². The number of amides is 1. The molecular formula is C11H14N6O2. The Hall–Kier alpha value is -2.19. The standard InChI is InChI=1S/C11H14N6O2/c12-14-11(18)9-2-1-8(19-9)5-16-3-4-17-7-13-15-10(17)6-16/h1-2,7H,3-6,12H2,(H,14,18). The Morgan fingerprint density at radius 1 is 1.47 bits per heavy atom. The lowest BCUT2D eigenvalue weighted by atomic mass is 10.3. The van der Waals surface area contributed by atoms with Crippen molar-refractivity contribution in [2.24, 2.45) is 5.84 Å². The molecule has 0 aliphatic carbocycles. The summed E-state index contributed by atoms with van der Waals surface area (Å²) in [4.78, 5) is 13.5. The fourth-order valence-electron chi connectivity index (χ4n) is 2.13. The van der Waals surface area contributed by atoms with E-state index in [9.17, 15) is 4.79 Å². The summed E-state index contributed by atoms with van der Waals surface area (Å²) in [5, 5.41) is 7.94. The minimum Gasteiger partial charge on any atom is -0.455 e. The minimum absolute atomic E-state index is 0.220. The van der Waals surface area contributed by atoms with Crippen molar-refractivity contribution in [2.75, 3.05) is 6.54 Å². The van der Waals surface area contributed by atoms with Gasteiger partial charge in [-0.25, -0.2) is 5.84 Å². The third kappa shape index (κ3) is 2.35. The van der Waals surface area contributed by atoms with E-state index >= 15 is 0 Å². The number of rotatable bonds is 3. The van der Waals surface area contributed by atoms with Gasteiger partial charge in [0.15, 0.2) is 5.76 Å². The van der Waals surface area contributed by atoms with E-state index in [2.05, 4.69) is 15.1 Å². The van der Waals surface area contributed by atoms with Crippen LogP contribution in [-0.4, -0.2) is 32.1 Å². The molecule has 0 aromatic carbocycles. The molecule has 100 valence electrons. The van der Waals surface area contributed by atoms with Gasteiger partial charge in [-0.3, -0.25) is 15.1 Å². The van der Waals surface area contributed by atoms with Crippen LogP contribution in [0.4, 0.5) is 0 Å². The Labute approximate surface area is 109 Å². The van der Waals surface area contributed by atoms with Gasteiger partial charge in [0.05, 0.1) is 13.1 Å². The molecule has 2 aromatic heterocycles. The zero-order valence-electron chi connectivity index (χ0n) is 10.2. The third-order valence-corrected chi connectivity index (χ3v) is 3.11. The van der Waals surface area contributed by atoms with E-state index in [1.807, 2.05) is 9.99 Å². The number of aromatic nitrogens is 3. The normalized spacial score (nSPS) is 15.2. The Bertz CT molecular complexity index is 590. The predicted octanol–water partition coefficient (Wildman–Crippen LogP) is -0.510. The van der Waals surface area contributed by atoms with Crippen LogP contribution < -0.4 is 11.3 Å². The fraction of sp³-hybridized carbons (Fsp3) is 0.364. The van der Waals surface area contributed by atoms with Crippen LogP contribution in [-0.2, 0) is 19.6 Å². The molecule has 0 saturated heterocycles. The number of fused-ring (bicyclic) bond motifs is 1. The molecule has 0 radical (unpaired) electrons. The first-order chi connectivity index (χ1) is 9.26. The summed E-state index contributed by atoms with van der Waals surface area (Å²) in [5.74, 6) is 6.52. The molecule has 1 amide bonds. The number of hydrogen-bond acceptors (Lipinski definition) is 6. The van der Waals surface area contributed by atoms with Crippen molar-refractivity contribution < 1.29 is 9.21 Å². The number of carbonyl (C=O) groups is 1. The maximum Gasteiger partial charge on any atom is 0.300 e. The van der Waals surface area contributed by atoms with Gasteiger partial charge in [0.2, 0.25) is 0 Å². The number of furan rings is 1. The van der Waals surface area contributed by atoms with Gasteiger partial charge in [-0.05, 0) is 12.1 Å². The molecule has 3 rings (SSSR count). The van der Waals surface area contributed by atoms with Gasteiger partial charge in [-0.1, -0.05) is 0 Å². The van der Waals surface area contributed by atoms with Gasteiger partial charge < -0.3 is 8.98 Å². The molecule has 0 bridgehead atoms. The van der Waals surface area contributed by atoms with Crippen molar-refractivity contribution in [3.05, 3.63) is 35.8 Å². The van der Waals surface area contributed by atoms with Crippen LogP contribution in [0.5, 0.6) is 0 Å². The molecule has 19 heavy (non-hydrogen) atoms. The summed E-state index contributed by atoms with van der Waals surface area (Å²) in [6.07, 6.45) is 1.74. The Morgan fingerprint density at radius 3 is 3.21 bits per heavy atom. The van der Waals surface area contributed by atoms with Crippen molar-refractivity contribution in [3.63, 3.8) is 0 Å².